The fraction of sp³-hybridized carbons (Fsp3) is 0.125. The Bertz CT molecular complexity index is 1180. The van der Waals surface area contributed by atoms with Gasteiger partial charge < -0.3 is 10.1 Å². The number of carbonyl (C=O) groups excluding carboxylic acids is 1. The lowest BCUT2D eigenvalue weighted by Gasteiger charge is -2.20. The van der Waals surface area contributed by atoms with Crippen LogP contribution in [0, 0.1) is 0 Å². The van der Waals surface area contributed by atoms with Gasteiger partial charge in [0, 0.05) is 10.7 Å². The number of aromatic nitrogens is 3. The number of benzene rings is 3. The summed E-state index contributed by atoms with van der Waals surface area (Å²) in [5, 5.41) is 12.5. The molecule has 1 N–H and O–H groups in total. The molecule has 1 atom stereocenters. The van der Waals surface area contributed by atoms with Crippen molar-refractivity contribution >= 4 is 29.3 Å². The molecule has 162 valence electrons. The van der Waals surface area contributed by atoms with Crippen molar-refractivity contribution in [1.82, 2.24) is 20.1 Å². The van der Waals surface area contributed by atoms with Crippen LogP contribution in [-0.4, -0.2) is 33.5 Å². The minimum atomic E-state index is -0.303. The van der Waals surface area contributed by atoms with E-state index in [0.717, 1.165) is 22.6 Å². The van der Waals surface area contributed by atoms with Crippen molar-refractivity contribution in [3.63, 3.8) is 0 Å². The summed E-state index contributed by atoms with van der Waals surface area (Å²) in [5.41, 5.74) is 2.79. The molecule has 0 aliphatic rings. The molecule has 0 bridgehead atoms. The number of hydrogen-bond acceptors (Lipinski definition) is 5. The van der Waals surface area contributed by atoms with Crippen molar-refractivity contribution in [2.75, 3.05) is 12.9 Å². The molecule has 1 aromatic heterocycles. The van der Waals surface area contributed by atoms with Crippen LogP contribution in [0.25, 0.3) is 5.69 Å². The molecule has 1 unspecified atom stereocenters. The molecule has 8 heteroatoms. The summed E-state index contributed by atoms with van der Waals surface area (Å²) in [6.45, 7) is 0. The Labute approximate surface area is 195 Å². The smallest absolute Gasteiger partial charge is 0.231 e. The van der Waals surface area contributed by atoms with E-state index in [1.807, 2.05) is 83.4 Å². The molecule has 1 heterocycles. The summed E-state index contributed by atoms with van der Waals surface area (Å²) in [4.78, 5) is 12.9. The van der Waals surface area contributed by atoms with Gasteiger partial charge in [0.25, 0.3) is 0 Å². The summed E-state index contributed by atoms with van der Waals surface area (Å²) in [6, 6.07) is 24.6. The summed E-state index contributed by atoms with van der Waals surface area (Å²) >= 11 is 7.52. The molecule has 0 aliphatic carbocycles. The van der Waals surface area contributed by atoms with Crippen molar-refractivity contribution in [2.24, 2.45) is 0 Å². The third kappa shape index (κ3) is 5.30. The maximum atomic E-state index is 12.9. The van der Waals surface area contributed by atoms with Gasteiger partial charge >= 0.3 is 0 Å². The summed E-state index contributed by atoms with van der Waals surface area (Å²) in [6.07, 6.45) is 1.63. The Balaban J connectivity index is 1.47. The Kier molecular flexibility index (Phi) is 7.09. The van der Waals surface area contributed by atoms with Crippen molar-refractivity contribution in [3.8, 4) is 11.4 Å². The van der Waals surface area contributed by atoms with Crippen molar-refractivity contribution in [2.45, 2.75) is 11.2 Å². The molecule has 32 heavy (non-hydrogen) atoms. The second kappa shape index (κ2) is 10.3. The fourth-order valence-corrected chi connectivity index (χ4v) is 4.21. The third-order valence-electron chi connectivity index (χ3n) is 4.82. The van der Waals surface area contributed by atoms with Crippen LogP contribution in [-0.2, 0) is 4.79 Å². The quantitative estimate of drug-likeness (QED) is 0.374. The lowest BCUT2D eigenvalue weighted by atomic mass is 9.99. The Hall–Kier alpha value is -3.29. The standard InChI is InChI=1S/C24H21ClN4O2S/c1-31-21-12-10-20(11-13-21)29-16-26-28-24(29)32-15-22(30)27-23(17-6-3-2-4-7-17)18-8-5-9-19(25)14-18/h2-14,16,23H,15H2,1H3,(H,27,30). The zero-order valence-corrected chi connectivity index (χ0v) is 18.9. The van der Waals surface area contributed by atoms with E-state index < -0.39 is 0 Å². The molecule has 0 aliphatic heterocycles. The van der Waals surface area contributed by atoms with Crippen LogP contribution in [0.4, 0.5) is 0 Å². The molecule has 1 amide bonds. The van der Waals surface area contributed by atoms with Crippen LogP contribution in [0.1, 0.15) is 17.2 Å². The van der Waals surface area contributed by atoms with Gasteiger partial charge in [-0.3, -0.25) is 9.36 Å². The topological polar surface area (TPSA) is 69.0 Å². The monoisotopic (exact) mass is 464 g/mol. The van der Waals surface area contributed by atoms with Gasteiger partial charge in [0.1, 0.15) is 12.1 Å². The number of nitrogens with zero attached hydrogens (tertiary/aromatic N) is 3. The molecular weight excluding hydrogens is 444 g/mol. The number of hydrogen-bond donors (Lipinski definition) is 1. The molecule has 0 radical (unpaired) electrons. The van der Waals surface area contributed by atoms with Gasteiger partial charge in [0.2, 0.25) is 5.91 Å². The number of halogens is 1. The van der Waals surface area contributed by atoms with Gasteiger partial charge in [-0.25, -0.2) is 0 Å². The third-order valence-corrected chi connectivity index (χ3v) is 6.00. The average molecular weight is 465 g/mol. The number of nitrogens with one attached hydrogen (secondary N) is 1. The van der Waals surface area contributed by atoms with E-state index in [-0.39, 0.29) is 17.7 Å². The van der Waals surface area contributed by atoms with Crippen LogP contribution < -0.4 is 10.1 Å². The number of carbonyl (C=O) groups is 1. The second-order valence-corrected chi connectivity index (χ2v) is 8.32. The summed E-state index contributed by atoms with van der Waals surface area (Å²) < 4.78 is 7.04. The maximum Gasteiger partial charge on any atom is 0.231 e. The van der Waals surface area contributed by atoms with Crippen LogP contribution in [0.3, 0.4) is 0 Å². The van der Waals surface area contributed by atoms with E-state index in [1.54, 1.807) is 13.4 Å². The van der Waals surface area contributed by atoms with E-state index in [0.29, 0.717) is 10.2 Å². The predicted octanol–water partition coefficient (Wildman–Crippen LogP) is 4.93. The number of rotatable bonds is 8. The Morgan fingerprint density at radius 3 is 2.53 bits per heavy atom. The lowest BCUT2D eigenvalue weighted by molar-refractivity contribution is -0.119. The zero-order valence-electron chi connectivity index (χ0n) is 17.3. The highest BCUT2D eigenvalue weighted by molar-refractivity contribution is 7.99. The van der Waals surface area contributed by atoms with E-state index in [1.165, 1.54) is 11.8 Å². The van der Waals surface area contributed by atoms with Gasteiger partial charge in [-0.1, -0.05) is 65.8 Å². The molecule has 6 nitrogen and oxygen atoms in total. The Morgan fingerprint density at radius 1 is 1.06 bits per heavy atom. The lowest BCUT2D eigenvalue weighted by Crippen LogP contribution is -2.30. The van der Waals surface area contributed by atoms with Crippen LogP contribution in [0.5, 0.6) is 5.75 Å². The zero-order chi connectivity index (χ0) is 22.3. The molecular formula is C24H21ClN4O2S. The summed E-state index contributed by atoms with van der Waals surface area (Å²) in [5.74, 6) is 0.843. The molecule has 0 saturated carbocycles. The first-order valence-corrected chi connectivity index (χ1v) is 11.3. The molecule has 3 aromatic carbocycles. The van der Waals surface area contributed by atoms with Gasteiger partial charge in [-0.15, -0.1) is 10.2 Å². The van der Waals surface area contributed by atoms with Crippen LogP contribution in [0.2, 0.25) is 5.02 Å². The highest BCUT2D eigenvalue weighted by Gasteiger charge is 2.18. The van der Waals surface area contributed by atoms with Crippen molar-refractivity contribution in [3.05, 3.63) is 101 Å². The first kappa shape index (κ1) is 21.9. The minimum absolute atomic E-state index is 0.117. The highest BCUT2D eigenvalue weighted by Crippen LogP contribution is 2.26. The first-order chi connectivity index (χ1) is 15.6. The van der Waals surface area contributed by atoms with Crippen molar-refractivity contribution < 1.29 is 9.53 Å². The van der Waals surface area contributed by atoms with Gasteiger partial charge in [-0.2, -0.15) is 0 Å². The first-order valence-electron chi connectivity index (χ1n) is 9.91. The van der Waals surface area contributed by atoms with E-state index in [2.05, 4.69) is 15.5 Å². The van der Waals surface area contributed by atoms with Crippen LogP contribution in [0.15, 0.2) is 90.3 Å². The predicted molar refractivity (Wildman–Crippen MR) is 127 cm³/mol. The van der Waals surface area contributed by atoms with E-state index in [4.69, 9.17) is 16.3 Å². The normalized spacial score (nSPS) is 11.7. The van der Waals surface area contributed by atoms with Gasteiger partial charge in [0.15, 0.2) is 5.16 Å². The van der Waals surface area contributed by atoms with Gasteiger partial charge in [0.05, 0.1) is 18.9 Å². The molecule has 4 rings (SSSR count). The maximum absolute atomic E-state index is 12.9. The van der Waals surface area contributed by atoms with Gasteiger partial charge in [-0.05, 0) is 47.5 Å². The van der Waals surface area contributed by atoms with E-state index >= 15 is 0 Å². The molecule has 0 spiro atoms. The molecule has 4 aromatic rings. The number of thioether (sulfide) groups is 1. The fourth-order valence-electron chi connectivity index (χ4n) is 3.27. The average Bonchev–Trinajstić information content (AvgIpc) is 3.30. The molecule has 0 saturated heterocycles. The number of ether oxygens (including phenoxy) is 1. The van der Waals surface area contributed by atoms with Crippen molar-refractivity contribution in [1.29, 1.82) is 0 Å². The second-order valence-electron chi connectivity index (χ2n) is 6.94. The minimum Gasteiger partial charge on any atom is -0.497 e. The number of amides is 1. The largest absolute Gasteiger partial charge is 0.497 e. The van der Waals surface area contributed by atoms with Crippen LogP contribution >= 0.6 is 23.4 Å². The number of methoxy groups -OCH3 is 1. The SMILES string of the molecule is COc1ccc(-n2cnnc2SCC(=O)NC(c2ccccc2)c2cccc(Cl)c2)cc1. The highest BCUT2D eigenvalue weighted by atomic mass is 35.5. The van der Waals surface area contributed by atoms with E-state index in [9.17, 15) is 4.79 Å². The Morgan fingerprint density at radius 2 is 1.81 bits per heavy atom. The molecule has 0 fully saturated rings. The summed E-state index contributed by atoms with van der Waals surface area (Å²) in [7, 11) is 1.62.